The first-order valence-corrected chi connectivity index (χ1v) is 5.54. The predicted molar refractivity (Wildman–Crippen MR) is 62.8 cm³/mol. The molecule has 1 N–H and O–H groups in total. The molecule has 0 bridgehead atoms. The molecule has 0 aliphatic rings. The van der Waals surface area contributed by atoms with Crippen LogP contribution in [0.2, 0.25) is 0 Å². The van der Waals surface area contributed by atoms with Crippen molar-refractivity contribution in [1.82, 2.24) is 4.57 Å². The smallest absolute Gasteiger partial charge is 0.0688 e. The van der Waals surface area contributed by atoms with Gasteiger partial charge in [-0.25, -0.2) is 0 Å². The Morgan fingerprint density at radius 1 is 1.27 bits per heavy atom. The lowest BCUT2D eigenvalue weighted by atomic mass is 10.1. The van der Waals surface area contributed by atoms with E-state index in [9.17, 15) is 5.11 Å². The molecule has 15 heavy (non-hydrogen) atoms. The minimum atomic E-state index is 0.120. The van der Waals surface area contributed by atoms with Gasteiger partial charge in [-0.3, -0.25) is 0 Å². The van der Waals surface area contributed by atoms with Gasteiger partial charge < -0.3 is 9.67 Å². The van der Waals surface area contributed by atoms with Crippen molar-refractivity contribution in [3.8, 4) is 0 Å². The molecule has 2 heteroatoms. The Bertz CT molecular complexity index is 445. The van der Waals surface area contributed by atoms with Crippen molar-refractivity contribution in [3.63, 3.8) is 0 Å². The van der Waals surface area contributed by atoms with E-state index in [-0.39, 0.29) is 6.61 Å². The summed E-state index contributed by atoms with van der Waals surface area (Å²) in [5.41, 5.74) is 2.25. The molecule has 0 amide bonds. The fourth-order valence-electron chi connectivity index (χ4n) is 1.95. The predicted octanol–water partition coefficient (Wildman–Crippen LogP) is 2.93. The number of aromatic nitrogens is 1. The molecule has 0 unspecified atom stereocenters. The van der Waals surface area contributed by atoms with Crippen LogP contribution in [0, 0.1) is 0 Å². The normalized spacial score (nSPS) is 11.1. The highest BCUT2D eigenvalue weighted by molar-refractivity contribution is 5.83. The van der Waals surface area contributed by atoms with Gasteiger partial charge in [0.15, 0.2) is 0 Å². The van der Waals surface area contributed by atoms with Gasteiger partial charge in [0.2, 0.25) is 0 Å². The molecule has 1 aromatic heterocycles. The Morgan fingerprint density at radius 3 is 2.87 bits per heavy atom. The van der Waals surface area contributed by atoms with Crippen molar-refractivity contribution in [3.05, 3.63) is 36.0 Å². The lowest BCUT2D eigenvalue weighted by Gasteiger charge is -2.05. The lowest BCUT2D eigenvalue weighted by Crippen LogP contribution is -1.95. The Kier molecular flexibility index (Phi) is 3.07. The van der Waals surface area contributed by atoms with Gasteiger partial charge in [0.05, 0.1) is 6.61 Å². The van der Waals surface area contributed by atoms with Crippen LogP contribution >= 0.6 is 0 Å². The molecular weight excluding hydrogens is 186 g/mol. The van der Waals surface area contributed by atoms with Gasteiger partial charge in [-0.05, 0) is 24.1 Å². The van der Waals surface area contributed by atoms with E-state index in [2.05, 4.69) is 29.8 Å². The maximum absolute atomic E-state index is 9.21. The van der Waals surface area contributed by atoms with Gasteiger partial charge in [0.1, 0.15) is 0 Å². The van der Waals surface area contributed by atoms with E-state index in [1.165, 1.54) is 23.7 Å². The standard InChI is InChI=1S/C13H17NO/c1-2-3-8-14-9-7-12-11(10-15)5-4-6-13(12)14/h4-7,9,15H,2-3,8,10H2,1H3. The van der Waals surface area contributed by atoms with Crippen molar-refractivity contribution < 1.29 is 5.11 Å². The molecule has 1 heterocycles. The Labute approximate surface area is 90.2 Å². The molecular formula is C13H17NO. The molecule has 0 aliphatic heterocycles. The summed E-state index contributed by atoms with van der Waals surface area (Å²) in [6, 6.07) is 8.20. The van der Waals surface area contributed by atoms with E-state index < -0.39 is 0 Å². The van der Waals surface area contributed by atoms with Crippen molar-refractivity contribution in [1.29, 1.82) is 0 Å². The highest BCUT2D eigenvalue weighted by atomic mass is 16.3. The quantitative estimate of drug-likeness (QED) is 0.812. The lowest BCUT2D eigenvalue weighted by molar-refractivity contribution is 0.283. The Morgan fingerprint density at radius 2 is 2.13 bits per heavy atom. The van der Waals surface area contributed by atoms with Gasteiger partial charge in [-0.15, -0.1) is 0 Å². The molecule has 0 aliphatic carbocycles. The number of unbranched alkanes of at least 4 members (excludes halogenated alkanes) is 1. The second-order valence-electron chi connectivity index (χ2n) is 3.87. The van der Waals surface area contributed by atoms with Crippen LogP contribution in [0.25, 0.3) is 10.9 Å². The monoisotopic (exact) mass is 203 g/mol. The summed E-state index contributed by atoms with van der Waals surface area (Å²) in [4.78, 5) is 0. The highest BCUT2D eigenvalue weighted by Gasteiger charge is 2.03. The zero-order valence-electron chi connectivity index (χ0n) is 9.11. The molecule has 80 valence electrons. The summed E-state index contributed by atoms with van der Waals surface area (Å²) in [6.45, 7) is 3.38. The van der Waals surface area contributed by atoms with Crippen molar-refractivity contribution >= 4 is 10.9 Å². The average molecular weight is 203 g/mol. The van der Waals surface area contributed by atoms with Crippen LogP contribution in [0.15, 0.2) is 30.5 Å². The average Bonchev–Trinajstić information content (AvgIpc) is 2.69. The third-order valence-corrected chi connectivity index (χ3v) is 2.83. The Balaban J connectivity index is 2.42. The summed E-state index contributed by atoms with van der Waals surface area (Å²) in [6.07, 6.45) is 4.52. The van der Waals surface area contributed by atoms with Gasteiger partial charge in [-0.2, -0.15) is 0 Å². The van der Waals surface area contributed by atoms with E-state index in [1.54, 1.807) is 0 Å². The van der Waals surface area contributed by atoms with Crippen LogP contribution in [-0.4, -0.2) is 9.67 Å². The minimum absolute atomic E-state index is 0.120. The summed E-state index contributed by atoms with van der Waals surface area (Å²) in [5, 5.41) is 10.4. The molecule has 0 saturated heterocycles. The molecule has 0 atom stereocenters. The fraction of sp³-hybridized carbons (Fsp3) is 0.385. The van der Waals surface area contributed by atoms with Crippen LogP contribution < -0.4 is 0 Å². The number of fused-ring (bicyclic) bond motifs is 1. The third-order valence-electron chi connectivity index (χ3n) is 2.83. The minimum Gasteiger partial charge on any atom is -0.392 e. The van der Waals surface area contributed by atoms with E-state index >= 15 is 0 Å². The molecule has 2 aromatic rings. The molecule has 2 nitrogen and oxygen atoms in total. The van der Waals surface area contributed by atoms with Crippen LogP contribution in [0.5, 0.6) is 0 Å². The third kappa shape index (κ3) is 1.90. The molecule has 0 saturated carbocycles. The highest BCUT2D eigenvalue weighted by Crippen LogP contribution is 2.20. The van der Waals surface area contributed by atoms with Crippen LogP contribution in [0.1, 0.15) is 25.3 Å². The first-order chi connectivity index (χ1) is 7.36. The summed E-state index contributed by atoms with van der Waals surface area (Å²) in [5.74, 6) is 0. The van der Waals surface area contributed by atoms with Gasteiger partial charge >= 0.3 is 0 Å². The Hall–Kier alpha value is -1.28. The number of aliphatic hydroxyl groups excluding tert-OH is 1. The number of hydrogen-bond acceptors (Lipinski definition) is 1. The van der Waals surface area contributed by atoms with E-state index in [1.807, 2.05) is 12.1 Å². The molecule has 0 spiro atoms. The van der Waals surface area contributed by atoms with Crippen LogP contribution in [0.3, 0.4) is 0 Å². The fourth-order valence-corrected chi connectivity index (χ4v) is 1.95. The van der Waals surface area contributed by atoms with E-state index in [0.29, 0.717) is 0 Å². The van der Waals surface area contributed by atoms with Gasteiger partial charge in [-0.1, -0.05) is 25.5 Å². The first-order valence-electron chi connectivity index (χ1n) is 5.54. The number of hydrogen-bond donors (Lipinski definition) is 1. The topological polar surface area (TPSA) is 25.2 Å². The second-order valence-corrected chi connectivity index (χ2v) is 3.87. The van der Waals surface area contributed by atoms with Gasteiger partial charge in [0, 0.05) is 23.6 Å². The molecule has 0 fully saturated rings. The number of rotatable bonds is 4. The van der Waals surface area contributed by atoms with E-state index in [4.69, 9.17) is 0 Å². The maximum Gasteiger partial charge on any atom is 0.0688 e. The first kappa shape index (κ1) is 10.2. The second kappa shape index (κ2) is 4.49. The zero-order chi connectivity index (χ0) is 10.7. The SMILES string of the molecule is CCCCn1ccc2c(CO)cccc21. The van der Waals surface area contributed by atoms with Crippen molar-refractivity contribution in [2.45, 2.75) is 32.9 Å². The number of aryl methyl sites for hydroxylation is 1. The van der Waals surface area contributed by atoms with Crippen LogP contribution in [-0.2, 0) is 13.2 Å². The maximum atomic E-state index is 9.21. The number of aliphatic hydroxyl groups is 1. The largest absolute Gasteiger partial charge is 0.392 e. The van der Waals surface area contributed by atoms with E-state index in [0.717, 1.165) is 12.1 Å². The summed E-state index contributed by atoms with van der Waals surface area (Å²) < 4.78 is 2.26. The van der Waals surface area contributed by atoms with Crippen molar-refractivity contribution in [2.75, 3.05) is 0 Å². The summed E-state index contributed by atoms with van der Waals surface area (Å²) >= 11 is 0. The van der Waals surface area contributed by atoms with Crippen LogP contribution in [0.4, 0.5) is 0 Å². The molecule has 2 rings (SSSR count). The van der Waals surface area contributed by atoms with Gasteiger partial charge in [0.25, 0.3) is 0 Å². The molecule has 1 aromatic carbocycles. The van der Waals surface area contributed by atoms with Crippen molar-refractivity contribution in [2.24, 2.45) is 0 Å². The number of benzene rings is 1. The summed E-state index contributed by atoms with van der Waals surface area (Å²) in [7, 11) is 0. The zero-order valence-corrected chi connectivity index (χ0v) is 9.11. The number of nitrogens with zero attached hydrogens (tertiary/aromatic N) is 1. The molecule has 0 radical (unpaired) electrons.